The number of aliphatic imine (C=N–C) groups is 1. The number of nitrogens with zero attached hydrogens (tertiary/aromatic N) is 2. The Morgan fingerprint density at radius 3 is 3.19 bits per heavy atom. The average Bonchev–Trinajstić information content (AvgIpc) is 2.81. The maximum Gasteiger partial charge on any atom is 0.196 e. The molecule has 2 N–H and O–H groups in total. The molecule has 3 rings (SSSR count). The molecule has 2 fully saturated rings. The van der Waals surface area contributed by atoms with Gasteiger partial charge < -0.3 is 10.6 Å². The van der Waals surface area contributed by atoms with Gasteiger partial charge in [0.15, 0.2) is 5.29 Å². The number of fused-ring (bicyclic) bond motifs is 1. The third-order valence-corrected chi connectivity index (χ3v) is 3.92. The molecular weight excluding hydrogens is 224 g/mol. The molecule has 2 saturated heterocycles. The Kier molecular flexibility index (Phi) is 2.88. The van der Waals surface area contributed by atoms with E-state index in [4.69, 9.17) is 11.6 Å². The molecule has 0 aromatic heterocycles. The SMILES string of the molecule is ClC1=NC=C(CN2CC3CCNC3C2)CN1. The van der Waals surface area contributed by atoms with E-state index in [1.54, 1.807) is 0 Å². The van der Waals surface area contributed by atoms with Crippen molar-refractivity contribution in [1.82, 2.24) is 15.5 Å². The Bertz CT molecular complexity index is 327. The normalized spacial score (nSPS) is 34.3. The molecule has 3 heterocycles. The first-order valence-corrected chi connectivity index (χ1v) is 6.30. The van der Waals surface area contributed by atoms with Gasteiger partial charge in [-0.3, -0.25) is 4.90 Å². The third kappa shape index (κ3) is 2.10. The molecule has 0 saturated carbocycles. The summed E-state index contributed by atoms with van der Waals surface area (Å²) in [5.74, 6) is 0.865. The molecule has 88 valence electrons. The summed E-state index contributed by atoms with van der Waals surface area (Å²) in [4.78, 5) is 6.61. The van der Waals surface area contributed by atoms with Gasteiger partial charge in [0, 0.05) is 38.4 Å². The number of hydrogen-bond acceptors (Lipinski definition) is 4. The zero-order chi connectivity index (χ0) is 11.0. The summed E-state index contributed by atoms with van der Waals surface area (Å²) in [5, 5.41) is 7.13. The Morgan fingerprint density at radius 2 is 2.44 bits per heavy atom. The number of amidine groups is 1. The van der Waals surface area contributed by atoms with Crippen LogP contribution in [0.2, 0.25) is 0 Å². The van der Waals surface area contributed by atoms with Gasteiger partial charge >= 0.3 is 0 Å². The largest absolute Gasteiger partial charge is 0.357 e. The number of hydrogen-bond donors (Lipinski definition) is 2. The van der Waals surface area contributed by atoms with Gasteiger partial charge in [-0.05, 0) is 36.1 Å². The first kappa shape index (κ1) is 10.6. The van der Waals surface area contributed by atoms with Crippen LogP contribution in [0, 0.1) is 5.92 Å². The van der Waals surface area contributed by atoms with Gasteiger partial charge in [-0.25, -0.2) is 4.99 Å². The second kappa shape index (κ2) is 4.35. The molecular formula is C11H17ClN4. The van der Waals surface area contributed by atoms with Gasteiger partial charge in [0.1, 0.15) is 0 Å². The van der Waals surface area contributed by atoms with Crippen LogP contribution in [0.25, 0.3) is 0 Å². The quantitative estimate of drug-likeness (QED) is 0.685. The van der Waals surface area contributed by atoms with Crippen LogP contribution in [0.1, 0.15) is 6.42 Å². The van der Waals surface area contributed by atoms with E-state index in [-0.39, 0.29) is 0 Å². The van der Waals surface area contributed by atoms with E-state index >= 15 is 0 Å². The molecule has 5 heteroatoms. The molecule has 0 radical (unpaired) electrons. The van der Waals surface area contributed by atoms with E-state index in [1.165, 1.54) is 31.6 Å². The lowest BCUT2D eigenvalue weighted by atomic mass is 10.1. The number of nitrogens with one attached hydrogen (secondary N) is 2. The van der Waals surface area contributed by atoms with Crippen molar-refractivity contribution in [2.45, 2.75) is 12.5 Å². The predicted molar refractivity (Wildman–Crippen MR) is 65.7 cm³/mol. The smallest absolute Gasteiger partial charge is 0.196 e. The lowest BCUT2D eigenvalue weighted by Crippen LogP contribution is -2.34. The summed E-state index contributed by atoms with van der Waals surface area (Å²) in [6, 6.07) is 0.726. The Labute approximate surface area is 101 Å². The summed E-state index contributed by atoms with van der Waals surface area (Å²) in [6.07, 6.45) is 3.24. The van der Waals surface area contributed by atoms with Gasteiger partial charge in [-0.2, -0.15) is 0 Å². The topological polar surface area (TPSA) is 39.7 Å². The molecule has 0 amide bonds. The predicted octanol–water partition coefficient (Wildman–Crippen LogP) is 0.362. The summed E-state index contributed by atoms with van der Waals surface area (Å²) >= 11 is 5.75. The Balaban J connectivity index is 1.57. The molecule has 2 unspecified atom stereocenters. The zero-order valence-electron chi connectivity index (χ0n) is 9.25. The molecule has 0 spiro atoms. The van der Waals surface area contributed by atoms with Gasteiger partial charge in [0.25, 0.3) is 0 Å². The fraction of sp³-hybridized carbons (Fsp3) is 0.727. The minimum atomic E-state index is 0.503. The minimum Gasteiger partial charge on any atom is -0.357 e. The third-order valence-electron chi connectivity index (χ3n) is 3.69. The molecule has 0 aromatic carbocycles. The van der Waals surface area contributed by atoms with Gasteiger partial charge in [-0.1, -0.05) is 0 Å². The van der Waals surface area contributed by atoms with E-state index in [1.807, 2.05) is 6.20 Å². The second-order valence-electron chi connectivity index (χ2n) is 4.86. The molecule has 2 atom stereocenters. The zero-order valence-corrected chi connectivity index (χ0v) is 10.0. The molecule has 16 heavy (non-hydrogen) atoms. The second-order valence-corrected chi connectivity index (χ2v) is 5.22. The lowest BCUT2D eigenvalue weighted by molar-refractivity contribution is 0.337. The van der Waals surface area contributed by atoms with Crippen LogP contribution in [-0.2, 0) is 0 Å². The molecule has 4 nitrogen and oxygen atoms in total. The van der Waals surface area contributed by atoms with E-state index in [0.717, 1.165) is 25.0 Å². The standard InChI is InChI=1S/C11H17ClN4/c12-11-14-3-8(4-15-11)5-16-6-9-1-2-13-10(9)7-16/h3,9-10,13H,1-2,4-7H2,(H,14,15). The highest BCUT2D eigenvalue weighted by atomic mass is 35.5. The highest BCUT2D eigenvalue weighted by Crippen LogP contribution is 2.25. The highest BCUT2D eigenvalue weighted by Gasteiger charge is 2.35. The van der Waals surface area contributed by atoms with Crippen LogP contribution in [0.4, 0.5) is 0 Å². The molecule has 3 aliphatic heterocycles. The number of halogens is 1. The summed E-state index contributed by atoms with van der Waals surface area (Å²) in [7, 11) is 0. The van der Waals surface area contributed by atoms with Crippen LogP contribution in [0.3, 0.4) is 0 Å². The summed E-state index contributed by atoms with van der Waals surface area (Å²) in [5.41, 5.74) is 1.32. The van der Waals surface area contributed by atoms with Crippen LogP contribution in [-0.4, -0.2) is 49.0 Å². The number of likely N-dealkylation sites (tertiary alicyclic amines) is 1. The monoisotopic (exact) mass is 240 g/mol. The van der Waals surface area contributed by atoms with Gasteiger partial charge in [0.2, 0.25) is 0 Å². The van der Waals surface area contributed by atoms with Crippen LogP contribution in [0.5, 0.6) is 0 Å². The van der Waals surface area contributed by atoms with Gasteiger partial charge in [-0.15, -0.1) is 0 Å². The number of rotatable bonds is 2. The fourth-order valence-electron chi connectivity index (χ4n) is 2.88. The first-order valence-electron chi connectivity index (χ1n) is 5.92. The van der Waals surface area contributed by atoms with Crippen LogP contribution in [0.15, 0.2) is 16.8 Å². The fourth-order valence-corrected chi connectivity index (χ4v) is 2.99. The molecule has 0 aromatic rings. The summed E-state index contributed by atoms with van der Waals surface area (Å²) < 4.78 is 0. The maximum absolute atomic E-state index is 5.75. The van der Waals surface area contributed by atoms with Crippen molar-refractivity contribution >= 4 is 16.9 Å². The van der Waals surface area contributed by atoms with Crippen molar-refractivity contribution in [1.29, 1.82) is 0 Å². The van der Waals surface area contributed by atoms with Crippen molar-refractivity contribution in [2.75, 3.05) is 32.7 Å². The molecule has 0 bridgehead atoms. The van der Waals surface area contributed by atoms with E-state index in [9.17, 15) is 0 Å². The van der Waals surface area contributed by atoms with E-state index in [0.29, 0.717) is 5.29 Å². The first-order chi connectivity index (χ1) is 7.81. The van der Waals surface area contributed by atoms with Gasteiger partial charge in [0.05, 0.1) is 0 Å². The van der Waals surface area contributed by atoms with Crippen molar-refractivity contribution in [2.24, 2.45) is 10.9 Å². The molecule has 3 aliphatic rings. The van der Waals surface area contributed by atoms with Crippen LogP contribution >= 0.6 is 11.6 Å². The molecule has 0 aliphatic carbocycles. The van der Waals surface area contributed by atoms with Crippen molar-refractivity contribution < 1.29 is 0 Å². The Morgan fingerprint density at radius 1 is 1.50 bits per heavy atom. The lowest BCUT2D eigenvalue weighted by Gasteiger charge is -2.20. The van der Waals surface area contributed by atoms with Crippen LogP contribution < -0.4 is 10.6 Å². The van der Waals surface area contributed by atoms with Crippen molar-refractivity contribution in [3.63, 3.8) is 0 Å². The van der Waals surface area contributed by atoms with Crippen molar-refractivity contribution in [3.05, 3.63) is 11.8 Å². The maximum atomic E-state index is 5.75. The Hall–Kier alpha value is -0.580. The average molecular weight is 241 g/mol. The summed E-state index contributed by atoms with van der Waals surface area (Å²) in [6.45, 7) is 5.47. The van der Waals surface area contributed by atoms with Crippen molar-refractivity contribution in [3.8, 4) is 0 Å². The minimum absolute atomic E-state index is 0.503. The van der Waals surface area contributed by atoms with E-state index in [2.05, 4.69) is 20.5 Å². The van der Waals surface area contributed by atoms with E-state index < -0.39 is 0 Å². The highest BCUT2D eigenvalue weighted by molar-refractivity contribution is 6.64.